The van der Waals surface area contributed by atoms with E-state index in [9.17, 15) is 19.2 Å². The summed E-state index contributed by atoms with van der Waals surface area (Å²) in [5.74, 6) is -0.976. The predicted molar refractivity (Wildman–Crippen MR) is 194 cm³/mol. The summed E-state index contributed by atoms with van der Waals surface area (Å²) in [6.07, 6.45) is 3.99. The van der Waals surface area contributed by atoms with Crippen molar-refractivity contribution in [1.29, 1.82) is 0 Å². The highest BCUT2D eigenvalue weighted by Gasteiger charge is 2.34. The van der Waals surface area contributed by atoms with Crippen LogP contribution in [0.25, 0.3) is 11.1 Å². The van der Waals surface area contributed by atoms with Crippen LogP contribution in [-0.2, 0) is 25.5 Å². The van der Waals surface area contributed by atoms with Crippen molar-refractivity contribution in [3.8, 4) is 11.1 Å². The van der Waals surface area contributed by atoms with Crippen molar-refractivity contribution in [2.45, 2.75) is 77.1 Å². The molecular formula is C39H48N6O5. The topological polar surface area (TPSA) is 135 Å². The summed E-state index contributed by atoms with van der Waals surface area (Å²) in [5.41, 5.74) is 1.83. The van der Waals surface area contributed by atoms with E-state index >= 15 is 0 Å². The standard InChI is InChI=1S/C39H48N6O5/c1-38(2,3)50-37(49)43-39(4,5)36(48)41-31(20-14-17-27-15-10-8-11-16-27)34(46)42-32-25-45(26-40-32)33(35(47)44(6)7)30-23-21-29(22-24-30)28-18-12-9-13-19-28/h8-13,15-16,18-19,21-26,31,33H,14,17,20H2,1-7H3,(H,41,48)(H,42,46)(H,43,49). The molecule has 3 N–H and O–H groups in total. The minimum Gasteiger partial charge on any atom is -0.444 e. The van der Waals surface area contributed by atoms with Crippen molar-refractivity contribution in [3.05, 3.63) is 109 Å². The van der Waals surface area contributed by atoms with Gasteiger partial charge in [-0.15, -0.1) is 0 Å². The van der Waals surface area contributed by atoms with Crippen molar-refractivity contribution in [2.75, 3.05) is 19.4 Å². The number of aryl methyl sites for hydroxylation is 1. The molecule has 0 saturated carbocycles. The molecule has 0 bridgehead atoms. The predicted octanol–water partition coefficient (Wildman–Crippen LogP) is 5.98. The molecular weight excluding hydrogens is 632 g/mol. The number of nitrogens with zero attached hydrogens (tertiary/aromatic N) is 3. The molecule has 50 heavy (non-hydrogen) atoms. The Hall–Kier alpha value is -5.45. The fourth-order valence-electron chi connectivity index (χ4n) is 5.31. The van der Waals surface area contributed by atoms with E-state index in [0.29, 0.717) is 19.3 Å². The van der Waals surface area contributed by atoms with Gasteiger partial charge in [-0.2, -0.15) is 0 Å². The lowest BCUT2D eigenvalue weighted by Gasteiger charge is -2.29. The number of aromatic nitrogens is 2. The maximum absolute atomic E-state index is 13.7. The van der Waals surface area contributed by atoms with Gasteiger partial charge in [0.1, 0.15) is 23.2 Å². The summed E-state index contributed by atoms with van der Waals surface area (Å²) in [6.45, 7) is 8.28. The Bertz CT molecular complexity index is 1740. The van der Waals surface area contributed by atoms with Crippen molar-refractivity contribution in [2.24, 2.45) is 0 Å². The Morgan fingerprint density at radius 3 is 2.04 bits per heavy atom. The highest BCUT2D eigenvalue weighted by atomic mass is 16.6. The lowest BCUT2D eigenvalue weighted by molar-refractivity contribution is -0.131. The third-order valence-corrected chi connectivity index (χ3v) is 7.96. The lowest BCUT2D eigenvalue weighted by Crippen LogP contribution is -2.58. The van der Waals surface area contributed by atoms with E-state index in [4.69, 9.17) is 4.74 Å². The molecule has 1 heterocycles. The van der Waals surface area contributed by atoms with Crippen LogP contribution in [-0.4, -0.2) is 69.5 Å². The second-order valence-electron chi connectivity index (χ2n) is 14.0. The molecule has 1 aromatic heterocycles. The number of carbonyl (C=O) groups is 4. The second-order valence-corrected chi connectivity index (χ2v) is 14.0. The minimum absolute atomic E-state index is 0.168. The largest absolute Gasteiger partial charge is 0.444 e. The smallest absolute Gasteiger partial charge is 0.408 e. The van der Waals surface area contributed by atoms with E-state index in [1.807, 2.05) is 84.9 Å². The molecule has 0 radical (unpaired) electrons. The van der Waals surface area contributed by atoms with E-state index in [1.54, 1.807) is 59.5 Å². The first-order valence-electron chi connectivity index (χ1n) is 16.7. The van der Waals surface area contributed by atoms with Gasteiger partial charge in [-0.1, -0.05) is 84.9 Å². The van der Waals surface area contributed by atoms with Crippen molar-refractivity contribution < 1.29 is 23.9 Å². The maximum atomic E-state index is 13.7. The van der Waals surface area contributed by atoms with E-state index in [1.165, 1.54) is 11.2 Å². The molecule has 3 aromatic carbocycles. The van der Waals surface area contributed by atoms with E-state index in [2.05, 4.69) is 20.9 Å². The quantitative estimate of drug-likeness (QED) is 0.159. The summed E-state index contributed by atoms with van der Waals surface area (Å²) in [4.78, 5) is 59.0. The molecule has 4 rings (SSSR count). The van der Waals surface area contributed by atoms with Gasteiger partial charge in [0.15, 0.2) is 5.82 Å². The molecule has 0 aliphatic carbocycles. The molecule has 264 valence electrons. The lowest BCUT2D eigenvalue weighted by atomic mass is 10.00. The molecule has 4 amide bonds. The van der Waals surface area contributed by atoms with Gasteiger partial charge >= 0.3 is 6.09 Å². The average Bonchev–Trinajstić information content (AvgIpc) is 3.51. The molecule has 2 atom stereocenters. The number of carbonyl (C=O) groups excluding carboxylic acids is 4. The number of alkyl carbamates (subject to hydrolysis) is 1. The number of hydrogen-bond donors (Lipinski definition) is 3. The molecule has 0 aliphatic rings. The third-order valence-electron chi connectivity index (χ3n) is 7.96. The normalized spacial score (nSPS) is 12.7. The van der Waals surface area contributed by atoms with Crippen LogP contribution < -0.4 is 16.0 Å². The minimum atomic E-state index is -1.38. The number of rotatable bonds is 13. The van der Waals surface area contributed by atoms with Crippen molar-refractivity contribution >= 4 is 29.6 Å². The van der Waals surface area contributed by atoms with Crippen LogP contribution in [0.15, 0.2) is 97.5 Å². The van der Waals surface area contributed by atoms with Crippen LogP contribution >= 0.6 is 0 Å². The summed E-state index contributed by atoms with van der Waals surface area (Å²) in [7, 11) is 3.38. The fraction of sp³-hybridized carbons (Fsp3) is 0.359. The third kappa shape index (κ3) is 10.5. The molecule has 4 aromatic rings. The molecule has 0 aliphatic heterocycles. The number of amides is 4. The van der Waals surface area contributed by atoms with Crippen LogP contribution in [0.2, 0.25) is 0 Å². The molecule has 0 fully saturated rings. The zero-order valence-corrected chi connectivity index (χ0v) is 29.9. The molecule has 0 spiro atoms. The highest BCUT2D eigenvalue weighted by Crippen LogP contribution is 2.26. The monoisotopic (exact) mass is 680 g/mol. The number of likely N-dealkylation sites (N-methyl/N-ethyl adjacent to an activating group) is 1. The maximum Gasteiger partial charge on any atom is 0.408 e. The van der Waals surface area contributed by atoms with Gasteiger partial charge in [-0.3, -0.25) is 14.4 Å². The molecule has 11 heteroatoms. The molecule has 11 nitrogen and oxygen atoms in total. The van der Waals surface area contributed by atoms with Crippen LogP contribution in [0.3, 0.4) is 0 Å². The van der Waals surface area contributed by atoms with Gasteiger partial charge in [-0.25, -0.2) is 9.78 Å². The van der Waals surface area contributed by atoms with Gasteiger partial charge in [0.2, 0.25) is 17.7 Å². The summed E-state index contributed by atoms with van der Waals surface area (Å²) in [5, 5.41) is 8.24. The Kier molecular flexibility index (Phi) is 12.2. The number of nitrogens with one attached hydrogen (secondary N) is 3. The van der Waals surface area contributed by atoms with E-state index < -0.39 is 41.1 Å². The Morgan fingerprint density at radius 2 is 1.44 bits per heavy atom. The number of imidazole rings is 1. The Balaban J connectivity index is 1.52. The van der Waals surface area contributed by atoms with Gasteiger partial charge in [0.25, 0.3) is 0 Å². The first kappa shape index (κ1) is 37.4. The van der Waals surface area contributed by atoms with E-state index in [-0.39, 0.29) is 11.7 Å². The Labute approximate surface area is 294 Å². The summed E-state index contributed by atoms with van der Waals surface area (Å²) < 4.78 is 6.99. The van der Waals surface area contributed by atoms with Gasteiger partial charge in [0.05, 0.1) is 6.33 Å². The number of benzene rings is 3. The van der Waals surface area contributed by atoms with Crippen LogP contribution in [0.5, 0.6) is 0 Å². The summed E-state index contributed by atoms with van der Waals surface area (Å²) >= 11 is 0. The van der Waals surface area contributed by atoms with Crippen LogP contribution in [0, 0.1) is 0 Å². The van der Waals surface area contributed by atoms with Crippen molar-refractivity contribution in [1.82, 2.24) is 25.1 Å². The van der Waals surface area contributed by atoms with Gasteiger partial charge in [0, 0.05) is 20.3 Å². The Morgan fingerprint density at radius 1 is 0.840 bits per heavy atom. The first-order chi connectivity index (χ1) is 23.6. The summed E-state index contributed by atoms with van der Waals surface area (Å²) in [6, 6.07) is 25.9. The molecule has 0 saturated heterocycles. The van der Waals surface area contributed by atoms with Crippen LogP contribution in [0.1, 0.15) is 64.6 Å². The molecule has 2 unspecified atom stereocenters. The van der Waals surface area contributed by atoms with E-state index in [0.717, 1.165) is 22.3 Å². The number of anilines is 1. The fourth-order valence-corrected chi connectivity index (χ4v) is 5.31. The second kappa shape index (κ2) is 16.3. The SMILES string of the molecule is CN(C)C(=O)C(c1ccc(-c2ccccc2)cc1)n1cnc(NC(=O)C(CCCc2ccccc2)NC(=O)C(C)(C)NC(=O)OC(C)(C)C)c1. The van der Waals surface area contributed by atoms with Gasteiger partial charge in [-0.05, 0) is 76.1 Å². The number of ether oxygens (including phenoxy) is 1. The van der Waals surface area contributed by atoms with Crippen LogP contribution in [0.4, 0.5) is 10.6 Å². The average molecular weight is 681 g/mol. The van der Waals surface area contributed by atoms with Crippen molar-refractivity contribution in [3.63, 3.8) is 0 Å². The van der Waals surface area contributed by atoms with Gasteiger partial charge < -0.3 is 30.2 Å². The zero-order valence-electron chi connectivity index (χ0n) is 29.9. The highest BCUT2D eigenvalue weighted by molar-refractivity contribution is 5.98. The number of hydrogen-bond acceptors (Lipinski definition) is 6. The first-order valence-corrected chi connectivity index (χ1v) is 16.7. The zero-order chi connectivity index (χ0) is 36.5.